The van der Waals surface area contributed by atoms with E-state index < -0.39 is 6.17 Å². The Kier molecular flexibility index (Phi) is 3.94. The predicted octanol–water partition coefficient (Wildman–Crippen LogP) is 3.18. The van der Waals surface area contributed by atoms with Gasteiger partial charge < -0.3 is 5.73 Å². The summed E-state index contributed by atoms with van der Waals surface area (Å²) in [5.74, 6) is 0.409. The molecule has 0 saturated heterocycles. The van der Waals surface area contributed by atoms with Crippen LogP contribution in [0.4, 0.5) is 4.39 Å². The summed E-state index contributed by atoms with van der Waals surface area (Å²) in [6, 6.07) is 8.48. The monoisotopic (exact) mass is 221 g/mol. The lowest BCUT2D eigenvalue weighted by Gasteiger charge is -2.26. The number of hydrogen-bond acceptors (Lipinski definition) is 1. The highest BCUT2D eigenvalue weighted by Crippen LogP contribution is 2.35. The van der Waals surface area contributed by atoms with Crippen molar-refractivity contribution in [1.82, 2.24) is 0 Å². The first kappa shape index (κ1) is 11.6. The smallest absolute Gasteiger partial charge is 0.102 e. The van der Waals surface area contributed by atoms with Crippen LogP contribution in [-0.2, 0) is 6.42 Å². The molecule has 88 valence electrons. The van der Waals surface area contributed by atoms with E-state index in [1.807, 2.05) is 0 Å². The SMILES string of the molecule is NCCC(F)CC1CCCc2ccccc21. The molecule has 1 aromatic carbocycles. The van der Waals surface area contributed by atoms with E-state index in [2.05, 4.69) is 24.3 Å². The van der Waals surface area contributed by atoms with Crippen molar-refractivity contribution in [2.24, 2.45) is 5.73 Å². The van der Waals surface area contributed by atoms with Crippen LogP contribution < -0.4 is 5.73 Å². The van der Waals surface area contributed by atoms with Crippen molar-refractivity contribution >= 4 is 0 Å². The summed E-state index contributed by atoms with van der Waals surface area (Å²) in [5, 5.41) is 0. The highest BCUT2D eigenvalue weighted by Gasteiger charge is 2.22. The largest absolute Gasteiger partial charge is 0.330 e. The average Bonchev–Trinajstić information content (AvgIpc) is 2.30. The van der Waals surface area contributed by atoms with Crippen LogP contribution in [0.5, 0.6) is 0 Å². The van der Waals surface area contributed by atoms with E-state index >= 15 is 0 Å². The molecule has 1 aliphatic rings. The van der Waals surface area contributed by atoms with Crippen molar-refractivity contribution in [2.45, 2.75) is 44.2 Å². The summed E-state index contributed by atoms with van der Waals surface area (Å²) in [6.07, 6.45) is 3.88. The number of hydrogen-bond donors (Lipinski definition) is 1. The minimum atomic E-state index is -0.735. The van der Waals surface area contributed by atoms with E-state index in [1.54, 1.807) is 0 Å². The molecule has 1 aromatic rings. The molecule has 1 aliphatic carbocycles. The van der Waals surface area contributed by atoms with E-state index in [4.69, 9.17) is 5.73 Å². The van der Waals surface area contributed by atoms with Crippen LogP contribution in [0.2, 0.25) is 0 Å². The molecule has 2 heteroatoms. The minimum Gasteiger partial charge on any atom is -0.330 e. The second kappa shape index (κ2) is 5.44. The van der Waals surface area contributed by atoms with Gasteiger partial charge >= 0.3 is 0 Å². The first-order valence-electron chi connectivity index (χ1n) is 6.23. The Bertz CT molecular complexity index is 337. The van der Waals surface area contributed by atoms with Crippen LogP contribution in [0.1, 0.15) is 42.7 Å². The summed E-state index contributed by atoms with van der Waals surface area (Å²) in [5.41, 5.74) is 8.17. The van der Waals surface area contributed by atoms with Gasteiger partial charge in [0, 0.05) is 0 Å². The molecule has 0 heterocycles. The third-order valence-corrected chi connectivity index (χ3v) is 3.51. The average molecular weight is 221 g/mol. The number of aryl methyl sites for hydroxylation is 1. The number of fused-ring (bicyclic) bond motifs is 1. The molecule has 0 aliphatic heterocycles. The quantitative estimate of drug-likeness (QED) is 0.830. The summed E-state index contributed by atoms with van der Waals surface area (Å²) in [7, 11) is 0. The predicted molar refractivity (Wildman–Crippen MR) is 65.3 cm³/mol. The number of nitrogens with two attached hydrogens (primary N) is 1. The highest BCUT2D eigenvalue weighted by atomic mass is 19.1. The zero-order valence-corrected chi connectivity index (χ0v) is 9.66. The standard InChI is InChI=1S/C14H20FN/c15-13(8-9-16)10-12-6-3-5-11-4-1-2-7-14(11)12/h1-2,4,7,12-13H,3,5-6,8-10,16H2. The fourth-order valence-corrected chi connectivity index (χ4v) is 2.71. The first-order chi connectivity index (χ1) is 7.81. The van der Waals surface area contributed by atoms with E-state index in [1.165, 1.54) is 17.5 Å². The minimum absolute atomic E-state index is 0.409. The maximum absolute atomic E-state index is 13.6. The van der Waals surface area contributed by atoms with E-state index in [0.717, 1.165) is 12.8 Å². The summed E-state index contributed by atoms with van der Waals surface area (Å²) >= 11 is 0. The van der Waals surface area contributed by atoms with Crippen LogP contribution in [0.3, 0.4) is 0 Å². The molecule has 0 fully saturated rings. The molecule has 0 radical (unpaired) electrons. The van der Waals surface area contributed by atoms with Crippen LogP contribution in [0.25, 0.3) is 0 Å². The number of benzene rings is 1. The third-order valence-electron chi connectivity index (χ3n) is 3.51. The maximum Gasteiger partial charge on any atom is 0.102 e. The molecule has 16 heavy (non-hydrogen) atoms. The number of rotatable bonds is 4. The molecule has 0 saturated carbocycles. The van der Waals surface area contributed by atoms with Crippen LogP contribution in [-0.4, -0.2) is 12.7 Å². The zero-order valence-electron chi connectivity index (χ0n) is 9.66. The summed E-state index contributed by atoms with van der Waals surface area (Å²) in [4.78, 5) is 0. The third kappa shape index (κ3) is 2.62. The van der Waals surface area contributed by atoms with Crippen molar-refractivity contribution < 1.29 is 4.39 Å². The molecule has 2 N–H and O–H groups in total. The summed E-state index contributed by atoms with van der Waals surface area (Å²) < 4.78 is 13.6. The van der Waals surface area contributed by atoms with Gasteiger partial charge in [-0.1, -0.05) is 24.3 Å². The van der Waals surface area contributed by atoms with Gasteiger partial charge in [0.25, 0.3) is 0 Å². The molecule has 0 aromatic heterocycles. The fraction of sp³-hybridized carbons (Fsp3) is 0.571. The number of alkyl halides is 1. The van der Waals surface area contributed by atoms with Gasteiger partial charge in [-0.05, 0) is 55.7 Å². The molecular weight excluding hydrogens is 201 g/mol. The molecule has 0 amide bonds. The lowest BCUT2D eigenvalue weighted by atomic mass is 9.80. The first-order valence-corrected chi connectivity index (χ1v) is 6.23. The van der Waals surface area contributed by atoms with E-state index in [9.17, 15) is 4.39 Å². The molecule has 2 rings (SSSR count). The van der Waals surface area contributed by atoms with Crippen LogP contribution in [0, 0.1) is 0 Å². The molecule has 1 nitrogen and oxygen atoms in total. The second-order valence-corrected chi connectivity index (χ2v) is 4.70. The van der Waals surface area contributed by atoms with Crippen LogP contribution >= 0.6 is 0 Å². The topological polar surface area (TPSA) is 26.0 Å². The van der Waals surface area contributed by atoms with Crippen molar-refractivity contribution in [3.63, 3.8) is 0 Å². The lowest BCUT2D eigenvalue weighted by Crippen LogP contribution is -2.16. The Morgan fingerprint density at radius 1 is 1.38 bits per heavy atom. The Hall–Kier alpha value is -0.890. The van der Waals surface area contributed by atoms with Crippen molar-refractivity contribution in [3.05, 3.63) is 35.4 Å². The van der Waals surface area contributed by atoms with Gasteiger partial charge in [0.05, 0.1) is 0 Å². The Morgan fingerprint density at radius 3 is 3.00 bits per heavy atom. The summed E-state index contributed by atoms with van der Waals surface area (Å²) in [6.45, 7) is 0.454. The maximum atomic E-state index is 13.6. The van der Waals surface area contributed by atoms with Gasteiger partial charge in [0.1, 0.15) is 6.17 Å². The van der Waals surface area contributed by atoms with Crippen molar-refractivity contribution in [3.8, 4) is 0 Å². The van der Waals surface area contributed by atoms with Gasteiger partial charge in [-0.3, -0.25) is 0 Å². The van der Waals surface area contributed by atoms with Gasteiger partial charge in [-0.15, -0.1) is 0 Å². The molecular formula is C14H20FN. The van der Waals surface area contributed by atoms with E-state index in [-0.39, 0.29) is 0 Å². The normalized spacial score (nSPS) is 21.5. The molecule has 0 bridgehead atoms. The lowest BCUT2D eigenvalue weighted by molar-refractivity contribution is 0.273. The van der Waals surface area contributed by atoms with Gasteiger partial charge in [-0.2, -0.15) is 0 Å². The van der Waals surface area contributed by atoms with Gasteiger partial charge in [0.2, 0.25) is 0 Å². The number of halogens is 1. The zero-order chi connectivity index (χ0) is 11.4. The second-order valence-electron chi connectivity index (χ2n) is 4.70. The molecule has 2 unspecified atom stereocenters. The van der Waals surface area contributed by atoms with E-state index in [0.29, 0.717) is 25.3 Å². The molecule has 0 spiro atoms. The fourth-order valence-electron chi connectivity index (χ4n) is 2.71. The Morgan fingerprint density at radius 2 is 2.19 bits per heavy atom. The Labute approximate surface area is 96.9 Å². The highest BCUT2D eigenvalue weighted by molar-refractivity contribution is 5.32. The molecule has 2 atom stereocenters. The van der Waals surface area contributed by atoms with Gasteiger partial charge in [-0.25, -0.2) is 4.39 Å². The van der Waals surface area contributed by atoms with Gasteiger partial charge in [0.15, 0.2) is 0 Å². The van der Waals surface area contributed by atoms with Crippen molar-refractivity contribution in [1.29, 1.82) is 0 Å². The Balaban J connectivity index is 2.07. The van der Waals surface area contributed by atoms with Crippen LogP contribution in [0.15, 0.2) is 24.3 Å². The van der Waals surface area contributed by atoms with Crippen molar-refractivity contribution in [2.75, 3.05) is 6.54 Å².